The molecule has 0 spiro atoms. The monoisotopic (exact) mass is 361 g/mol. The molecule has 0 aliphatic heterocycles. The van der Waals surface area contributed by atoms with E-state index in [-0.39, 0.29) is 5.56 Å². The Morgan fingerprint density at radius 2 is 2.14 bits per heavy atom. The number of rotatable bonds is 5. The van der Waals surface area contributed by atoms with Crippen molar-refractivity contribution >= 4 is 27.3 Å². The van der Waals surface area contributed by atoms with Crippen LogP contribution in [0.2, 0.25) is 0 Å². The molecule has 0 amide bonds. The summed E-state index contributed by atoms with van der Waals surface area (Å²) >= 11 is 3.53. The van der Waals surface area contributed by atoms with Crippen molar-refractivity contribution in [3.05, 3.63) is 45.3 Å². The zero-order chi connectivity index (χ0) is 15.7. The third kappa shape index (κ3) is 2.89. The van der Waals surface area contributed by atoms with Crippen molar-refractivity contribution in [3.8, 4) is 11.1 Å². The molecule has 5 nitrogen and oxygen atoms in total. The molecule has 6 heteroatoms. The molecule has 1 heterocycles. The van der Waals surface area contributed by atoms with E-state index in [2.05, 4.69) is 26.4 Å². The summed E-state index contributed by atoms with van der Waals surface area (Å²) in [6.45, 7) is 1.03. The summed E-state index contributed by atoms with van der Waals surface area (Å²) < 4.78 is 2.25. The van der Waals surface area contributed by atoms with Crippen molar-refractivity contribution in [1.82, 2.24) is 4.57 Å². The highest BCUT2D eigenvalue weighted by Crippen LogP contribution is 2.38. The van der Waals surface area contributed by atoms with Gasteiger partial charge in [-0.05, 0) is 47.0 Å². The quantitative estimate of drug-likeness (QED) is 0.623. The van der Waals surface area contributed by atoms with Gasteiger partial charge in [-0.2, -0.15) is 5.11 Å². The highest BCUT2D eigenvalue weighted by Gasteiger charge is 2.25. The zero-order valence-electron chi connectivity index (χ0n) is 12.3. The van der Waals surface area contributed by atoms with Crippen LogP contribution in [0, 0.1) is 11.4 Å². The Morgan fingerprint density at radius 1 is 1.36 bits per heavy atom. The van der Waals surface area contributed by atoms with E-state index in [1.807, 2.05) is 18.2 Å². The number of halogens is 1. The van der Waals surface area contributed by atoms with Crippen LogP contribution >= 0.6 is 15.9 Å². The first-order valence-corrected chi connectivity index (χ1v) is 8.10. The van der Waals surface area contributed by atoms with Crippen molar-refractivity contribution in [2.45, 2.75) is 12.8 Å². The Hall–Kier alpha value is -1.79. The van der Waals surface area contributed by atoms with E-state index in [9.17, 15) is 4.79 Å². The third-order valence-electron chi connectivity index (χ3n) is 4.04. The molecule has 2 aromatic rings. The Morgan fingerprint density at radius 3 is 2.82 bits per heavy atom. The van der Waals surface area contributed by atoms with E-state index in [4.69, 9.17) is 5.53 Å². The Bertz CT molecular complexity index is 780. The summed E-state index contributed by atoms with van der Waals surface area (Å²) in [5.74, 6) is 0.790. The van der Waals surface area contributed by atoms with Gasteiger partial charge in [0.05, 0.1) is 11.0 Å². The van der Waals surface area contributed by atoms with Crippen LogP contribution in [0.5, 0.6) is 0 Å². The smallest absolute Gasteiger partial charge is 0.258 e. The molecule has 0 radical (unpaired) electrons. The number of aryl methyl sites for hydroxylation is 1. The fraction of sp³-hybridized carbons (Fsp3) is 0.312. The van der Waals surface area contributed by atoms with Gasteiger partial charge in [-0.25, -0.2) is 5.53 Å². The minimum Gasteiger partial charge on any atom is -0.318 e. The second kappa shape index (κ2) is 6.14. The van der Waals surface area contributed by atoms with Gasteiger partial charge in [0.2, 0.25) is 0 Å². The number of benzene rings is 1. The highest BCUT2D eigenvalue weighted by atomic mass is 79.9. The van der Waals surface area contributed by atoms with Gasteiger partial charge in [-0.15, -0.1) is 0 Å². The predicted octanol–water partition coefficient (Wildman–Crippen LogP) is 3.08. The molecule has 1 aliphatic rings. The molecule has 0 saturated heterocycles. The molecule has 114 valence electrons. The molecule has 1 aliphatic carbocycles. The molecule has 1 fully saturated rings. The van der Waals surface area contributed by atoms with Crippen molar-refractivity contribution in [1.29, 1.82) is 5.53 Å². The Balaban J connectivity index is 2.03. The van der Waals surface area contributed by atoms with Gasteiger partial charge in [-0.1, -0.05) is 0 Å². The number of hydrogen-bond acceptors (Lipinski definition) is 3. The summed E-state index contributed by atoms with van der Waals surface area (Å²) in [5, 5.41) is 5.81. The van der Waals surface area contributed by atoms with Crippen LogP contribution < -0.4 is 10.9 Å². The number of nitrogens with zero attached hydrogens (tertiary/aromatic N) is 2. The van der Waals surface area contributed by atoms with Gasteiger partial charge in [-0.3, -0.25) is 4.79 Å². The lowest BCUT2D eigenvalue weighted by Crippen LogP contribution is -2.78. The number of quaternary nitrogens is 1. The molecular formula is C16H18BrN4O+. The van der Waals surface area contributed by atoms with E-state index in [0.29, 0.717) is 15.7 Å². The average molecular weight is 362 g/mol. The molecule has 0 bridgehead atoms. The fourth-order valence-corrected chi connectivity index (χ4v) is 3.18. The molecule has 22 heavy (non-hydrogen) atoms. The topological polar surface area (TPSA) is 74.8 Å². The Labute approximate surface area is 137 Å². The second-order valence-electron chi connectivity index (χ2n) is 5.70. The van der Waals surface area contributed by atoms with Crippen LogP contribution in [0.3, 0.4) is 0 Å². The Kier molecular flexibility index (Phi) is 4.22. The lowest BCUT2D eigenvalue weighted by atomic mass is 10.1. The highest BCUT2D eigenvalue weighted by molar-refractivity contribution is 9.10. The van der Waals surface area contributed by atoms with E-state index < -0.39 is 0 Å². The standard InChI is InChI=1S/C16H17BrN4O/c1-21-8-2-3-12(16(21)22)11-6-7-13(15(20-18)14(11)17)19-9-10-4-5-10/h2-3,6-8,10,18-19H,4-5,9H2,1H3/p+1. The van der Waals surface area contributed by atoms with Gasteiger partial charge in [0, 0.05) is 36.4 Å². The predicted molar refractivity (Wildman–Crippen MR) is 88.8 cm³/mol. The molecule has 0 unspecified atom stereocenters. The summed E-state index contributed by atoms with van der Waals surface area (Å²) in [6, 6.07) is 7.51. The van der Waals surface area contributed by atoms with Gasteiger partial charge in [0.25, 0.3) is 5.56 Å². The number of nitrogens with two attached hydrogens (primary N) is 1. The summed E-state index contributed by atoms with van der Waals surface area (Å²) in [7, 11) is 1.73. The molecule has 3 rings (SSSR count). The second-order valence-corrected chi connectivity index (χ2v) is 6.49. The van der Waals surface area contributed by atoms with Gasteiger partial charge in [0.15, 0.2) is 11.4 Å². The lowest BCUT2D eigenvalue weighted by Gasteiger charge is -2.10. The van der Waals surface area contributed by atoms with Gasteiger partial charge in [0.1, 0.15) is 0 Å². The van der Waals surface area contributed by atoms with Crippen LogP contribution in [0.25, 0.3) is 11.1 Å². The first-order valence-electron chi connectivity index (χ1n) is 7.31. The first kappa shape index (κ1) is 15.1. The molecule has 1 aromatic carbocycles. The number of aromatic nitrogens is 1. The number of nitrogens with one attached hydrogen (secondary N) is 1. The van der Waals surface area contributed by atoms with Gasteiger partial charge < -0.3 is 9.88 Å². The van der Waals surface area contributed by atoms with Crippen molar-refractivity contribution < 1.29 is 5.32 Å². The van der Waals surface area contributed by atoms with Crippen molar-refractivity contribution in [2.24, 2.45) is 18.1 Å². The van der Waals surface area contributed by atoms with Crippen LogP contribution in [0.1, 0.15) is 12.8 Å². The zero-order valence-corrected chi connectivity index (χ0v) is 13.9. The van der Waals surface area contributed by atoms with E-state index >= 15 is 0 Å². The van der Waals surface area contributed by atoms with Gasteiger partial charge >= 0.3 is 0 Å². The molecular weight excluding hydrogens is 344 g/mol. The maximum absolute atomic E-state index is 12.3. The number of pyridine rings is 1. The summed E-state index contributed by atoms with van der Waals surface area (Å²) in [4.78, 5) is 12.3. The molecule has 3 N–H and O–H groups in total. The minimum atomic E-state index is -0.0613. The van der Waals surface area contributed by atoms with Crippen molar-refractivity contribution in [3.63, 3.8) is 0 Å². The largest absolute Gasteiger partial charge is 0.318 e. The summed E-state index contributed by atoms with van der Waals surface area (Å²) in [6.07, 6.45) is 4.32. The van der Waals surface area contributed by atoms with Crippen molar-refractivity contribution in [2.75, 3.05) is 6.54 Å². The third-order valence-corrected chi connectivity index (χ3v) is 4.84. The minimum absolute atomic E-state index is 0.0613. The fourth-order valence-electron chi connectivity index (χ4n) is 2.52. The van der Waals surface area contributed by atoms with Crippen LogP contribution in [0.4, 0.5) is 11.4 Å². The normalized spacial score (nSPS) is 14.1. The first-order chi connectivity index (χ1) is 10.6. The van der Waals surface area contributed by atoms with E-state index in [1.165, 1.54) is 12.8 Å². The van der Waals surface area contributed by atoms with E-state index in [0.717, 1.165) is 23.7 Å². The maximum atomic E-state index is 12.3. The summed E-state index contributed by atoms with van der Waals surface area (Å²) in [5.41, 5.74) is 10.3. The van der Waals surface area contributed by atoms with Crippen LogP contribution in [0.15, 0.2) is 44.8 Å². The molecule has 1 aromatic heterocycles. The SMILES string of the molecule is Cn1cccc(-c2ccc([NH2+]CC3CC3)c(N=N)c2Br)c1=O. The van der Waals surface area contributed by atoms with Crippen LogP contribution in [-0.4, -0.2) is 11.1 Å². The molecule has 0 atom stereocenters. The molecule has 1 saturated carbocycles. The lowest BCUT2D eigenvalue weighted by molar-refractivity contribution is -0.574. The average Bonchev–Trinajstić information content (AvgIpc) is 3.33. The van der Waals surface area contributed by atoms with E-state index in [1.54, 1.807) is 23.9 Å². The van der Waals surface area contributed by atoms with Crippen LogP contribution in [-0.2, 0) is 7.05 Å². The number of hydrogen-bond donors (Lipinski definition) is 2. The maximum Gasteiger partial charge on any atom is 0.258 e.